The van der Waals surface area contributed by atoms with E-state index in [1.54, 1.807) is 13.8 Å². The van der Waals surface area contributed by atoms with Crippen molar-refractivity contribution in [1.82, 2.24) is 67.3 Å². The Labute approximate surface area is 723 Å². The SMILES string of the molecule is CC[C@H]1O[C@@H](n2cc(C)c(=O)[nH]c2=O)C[C@H]1OP([O-])(=S)OC[C@H]1O[C@@H](n2cc(C)c(=O)[nH]c2=O)C[C@H]1OP(=O)([S-])OC[C@H]1O[C@@H](n2cc(C)c(=O)[nH]c2=O)C[C@H]1OP([O-])(=S)OC[C@H]1O[C@@H](n2cnc3c(N)ncnc32)C[C@H]1OP([O-])(=S)OC[C@H]1O[C@@H](n2cc(C)c(=O)[nH]c2=O)C[C@H]1OP([O-])(=S)OC[C@H]1O[C@@H](n2cc(C)c(N)nc2=O)C[C@H]1OP([O-])(=S)OC. The highest BCUT2D eigenvalue weighted by Crippen LogP contribution is 2.56. The van der Waals surface area contributed by atoms with Crippen molar-refractivity contribution in [3.05, 3.63) is 165 Å². The number of fused-ring (bicyclic) bond motifs is 1. The molecule has 7 aromatic rings. The van der Waals surface area contributed by atoms with Crippen LogP contribution in [0.5, 0.6) is 0 Å². The van der Waals surface area contributed by atoms with Gasteiger partial charge in [0.25, 0.3) is 22.2 Å². The first kappa shape index (κ1) is 95.2. The molecule has 61 heteroatoms. The van der Waals surface area contributed by atoms with Crippen LogP contribution in [0.1, 0.15) is 117 Å². The van der Waals surface area contributed by atoms with Crippen molar-refractivity contribution in [2.45, 2.75) is 197 Å². The fourth-order valence-electron chi connectivity index (χ4n) is 14.1. The highest BCUT2D eigenvalue weighted by atomic mass is 32.7. The Balaban J connectivity index is 0.707. The van der Waals surface area contributed by atoms with Crippen molar-refractivity contribution in [3.8, 4) is 0 Å². The second-order valence-electron chi connectivity index (χ2n) is 28.8. The lowest BCUT2D eigenvalue weighted by molar-refractivity contribution is -0.221. The van der Waals surface area contributed by atoms with Crippen LogP contribution in [0.3, 0.4) is 0 Å². The number of nitrogens with zero attached hydrogens (tertiary/aromatic N) is 10. The number of ether oxygens (including phenoxy) is 6. The molecule has 13 rings (SSSR count). The van der Waals surface area contributed by atoms with E-state index >= 15 is 0 Å². The molecule has 6 aliphatic rings. The number of hydrogen-bond acceptors (Lipinski definition) is 45. The number of nitrogens with two attached hydrogens (primary N) is 2. The van der Waals surface area contributed by atoms with Crippen molar-refractivity contribution in [2.75, 3.05) is 51.6 Å². The maximum Gasteiger partial charge on any atom is 0.351 e. The van der Waals surface area contributed by atoms with E-state index in [1.165, 1.54) is 57.2 Å². The normalized spacial score (nSPS) is 29.7. The van der Waals surface area contributed by atoms with E-state index in [1.807, 2.05) is 0 Å². The lowest BCUT2D eigenvalue weighted by Crippen LogP contribution is -2.34. The monoisotopic (exact) mass is 1950 g/mol. The molecule has 13 heterocycles. The van der Waals surface area contributed by atoms with Crippen LogP contribution in [-0.4, -0.2) is 181 Å². The van der Waals surface area contributed by atoms with E-state index in [9.17, 15) is 72.2 Å². The molecule has 123 heavy (non-hydrogen) atoms. The molecule has 676 valence electrons. The number of nitrogen functional groups attached to an aromatic ring is 2. The van der Waals surface area contributed by atoms with Gasteiger partial charge in [0, 0.05) is 104 Å². The molecule has 6 aliphatic heterocycles. The zero-order chi connectivity index (χ0) is 89.1. The van der Waals surface area contributed by atoms with Crippen LogP contribution < -0.4 is 86.6 Å². The fourth-order valence-corrected chi connectivity index (χ4v) is 22.3. The minimum atomic E-state index is -4.99. The summed E-state index contributed by atoms with van der Waals surface area (Å²) in [7, 11) is 1.03. The molecular formula is C62H78N16O33P6S6-6. The number of hydrogen-bond donors (Lipinski definition) is 6. The van der Waals surface area contributed by atoms with E-state index in [4.69, 9.17) is 165 Å². The molecule has 0 bridgehead atoms. The Morgan fingerprint density at radius 1 is 0.423 bits per heavy atom. The number of aromatic amines is 4. The van der Waals surface area contributed by atoms with Crippen molar-refractivity contribution in [2.24, 2.45) is 0 Å². The Bertz CT molecular complexity index is 6060. The molecular weight excluding hydrogens is 1880 g/mol. The maximum atomic E-state index is 14.8. The molecule has 6 saturated heterocycles. The van der Waals surface area contributed by atoms with E-state index in [0.717, 1.165) is 48.7 Å². The van der Waals surface area contributed by atoms with Crippen LogP contribution in [0.2, 0.25) is 0 Å². The lowest BCUT2D eigenvalue weighted by atomic mass is 10.1. The minimum Gasteiger partial charge on any atom is -0.780 e. The maximum absolute atomic E-state index is 14.8. The van der Waals surface area contributed by atoms with Crippen LogP contribution in [0.25, 0.3) is 11.2 Å². The summed E-state index contributed by atoms with van der Waals surface area (Å²) >= 11 is 32.2. The van der Waals surface area contributed by atoms with Crippen LogP contribution in [0.4, 0.5) is 11.6 Å². The molecule has 6 unspecified atom stereocenters. The van der Waals surface area contributed by atoms with E-state index in [0.29, 0.717) is 5.56 Å². The average Bonchev–Trinajstić information content (AvgIpc) is 1.65. The second kappa shape index (κ2) is 38.4. The van der Waals surface area contributed by atoms with Gasteiger partial charge >= 0.3 is 28.4 Å². The van der Waals surface area contributed by atoms with Gasteiger partial charge in [-0.3, -0.25) is 71.1 Å². The predicted molar refractivity (Wildman–Crippen MR) is 435 cm³/mol. The zero-order valence-electron chi connectivity index (χ0n) is 65.2. The first-order valence-corrected chi connectivity index (χ1v) is 52.3. The largest absolute Gasteiger partial charge is 0.780 e. The second-order valence-corrected chi connectivity index (χ2v) is 45.1. The summed E-state index contributed by atoms with van der Waals surface area (Å²) < 4.78 is 127. The Morgan fingerprint density at radius 2 is 0.715 bits per heavy atom. The summed E-state index contributed by atoms with van der Waals surface area (Å²) in [6, 6.07) is 0. The standard InChI is InChI=1S/C62H84N16O33P6S6/c1-8-32-33(9-44(100-32)74-16-28(3)54(79)69-59(74)84)107-113(89,119)95-21-40-35(11-46(102-40)75-17-29(4)55(80)70-60(75)85)109-115(91,121)97-22-41-37(13-48(103-41)77-19-31(6)57(82)72-62(77)87)110-116(92,122)99-24-43-38(14-49(105-43)78-26-67-50-52(64)65-25-66-53(50)78)111-117(93,123)98-23-42-36(12-47(104-42)76-18-30(5)56(81)71-61(76)86)108-114(90,120)96-20-39-34(106-112(88,118)94-7)10-45(101-39)73-15-27(2)51(63)68-58(73)83/h15-19,25-26,32-49H,8-14,20-24H2,1-7H3,(H,88,118)(H,89,119)(H,90,120)(H,91,121)(H,92,122)(H,93,123)(H2,63,68,83)(H2,64,65,66)(H,69,79,84)(H,70,80,85)(H,71,81,86)(H,72,82,87)/p-6/t32-,33-,34-,35-,36-,37-,38-,39-,40-,41-,42-,43-,44-,45-,46-,47-,48-,49-,112?,113?,114?,115?,116?,117?/m1/s1. The van der Waals surface area contributed by atoms with E-state index in [2.05, 4.69) is 39.9 Å². The molecule has 0 amide bonds. The molecule has 7 aromatic heterocycles. The molecule has 0 radical (unpaired) electrons. The molecule has 49 nitrogen and oxygen atoms in total. The third-order valence-corrected chi connectivity index (χ3v) is 29.8. The number of anilines is 2. The van der Waals surface area contributed by atoms with Crippen molar-refractivity contribution < 1.29 is 112 Å². The quantitative estimate of drug-likeness (QED) is 0.0180. The number of imidazole rings is 1. The molecule has 0 spiro atoms. The minimum absolute atomic E-state index is 0.0262. The van der Waals surface area contributed by atoms with E-state index in [-0.39, 0.29) is 70.7 Å². The van der Waals surface area contributed by atoms with Gasteiger partial charge in [0.05, 0.1) is 82.1 Å². The molecule has 0 saturated carbocycles. The summed E-state index contributed by atoms with van der Waals surface area (Å²) in [5.41, 5.74) is 5.57. The molecule has 0 aromatic carbocycles. The first-order valence-electron chi connectivity index (χ1n) is 37.0. The van der Waals surface area contributed by atoms with Crippen LogP contribution >= 0.6 is 40.4 Å². The number of aryl methyl sites for hydroxylation is 5. The highest BCUT2D eigenvalue weighted by molar-refractivity contribution is 8.32. The highest BCUT2D eigenvalue weighted by Gasteiger charge is 2.48. The summed E-state index contributed by atoms with van der Waals surface area (Å²) in [5.74, 6) is -0.100. The van der Waals surface area contributed by atoms with Crippen molar-refractivity contribution in [1.29, 1.82) is 0 Å². The fraction of sp³-hybridized carbons (Fsp3) is 0.597. The van der Waals surface area contributed by atoms with Gasteiger partial charge in [-0.2, -0.15) is 4.98 Å². The predicted octanol–water partition coefficient (Wildman–Crippen LogP) is -2.25. The van der Waals surface area contributed by atoms with E-state index < -0.39 is 254 Å². The smallest absolute Gasteiger partial charge is 0.351 e. The van der Waals surface area contributed by atoms with Gasteiger partial charge in [-0.1, -0.05) is 66.0 Å². The summed E-state index contributed by atoms with van der Waals surface area (Å²) in [6.07, 6.45) is -17.2. The van der Waals surface area contributed by atoms with Gasteiger partial charge < -0.3 is 131 Å². The molecule has 0 aliphatic carbocycles. The van der Waals surface area contributed by atoms with Crippen LogP contribution in [0, 0.1) is 34.6 Å². The number of H-pyrrole nitrogens is 4. The van der Waals surface area contributed by atoms with Gasteiger partial charge in [0.2, 0.25) is 0 Å². The summed E-state index contributed by atoms with van der Waals surface area (Å²) in [6.45, 7) is -23.7. The Hall–Kier alpha value is -5.34. The van der Waals surface area contributed by atoms with Gasteiger partial charge in [-0.15, -0.1) is 0 Å². The molecule has 24 atom stereocenters. The Morgan fingerprint density at radius 3 is 1.06 bits per heavy atom. The average molecular weight is 1950 g/mol. The van der Waals surface area contributed by atoms with Crippen LogP contribution in [-0.2, 0) is 159 Å². The van der Waals surface area contributed by atoms with Gasteiger partial charge in [0.15, 0.2) is 18.3 Å². The molecule has 8 N–H and O–H groups in total. The number of rotatable bonds is 35. The number of aromatic nitrogens is 14. The Kier molecular flexibility index (Phi) is 29.7. The van der Waals surface area contributed by atoms with Gasteiger partial charge in [-0.25, -0.2) is 38.9 Å². The zero-order valence-corrected chi connectivity index (χ0v) is 75.4. The molecule has 6 fully saturated rings. The van der Waals surface area contributed by atoms with Crippen molar-refractivity contribution >= 4 is 134 Å². The van der Waals surface area contributed by atoms with Gasteiger partial charge in [-0.05, 0) is 41.0 Å². The third kappa shape index (κ3) is 22.9. The van der Waals surface area contributed by atoms with Gasteiger partial charge in [0.1, 0.15) is 119 Å². The summed E-state index contributed by atoms with van der Waals surface area (Å²) in [4.78, 5) is 212. The number of nitrogens with one attached hydrogen (secondary N) is 4. The lowest BCUT2D eigenvalue weighted by Gasteiger charge is -2.36. The third-order valence-electron chi connectivity index (χ3n) is 20.3. The first-order chi connectivity index (χ1) is 57.7. The van der Waals surface area contributed by atoms with Crippen LogP contribution in [0.15, 0.2) is 86.8 Å². The topological polar surface area (TPSA) is 648 Å². The summed E-state index contributed by atoms with van der Waals surface area (Å²) in [5, 5.41) is 0. The van der Waals surface area contributed by atoms with Crippen molar-refractivity contribution in [3.63, 3.8) is 0 Å².